The third-order valence-corrected chi connectivity index (χ3v) is 9.43. The molecule has 1 unspecified atom stereocenters. The van der Waals surface area contributed by atoms with Crippen molar-refractivity contribution in [1.82, 2.24) is 0 Å². The van der Waals surface area contributed by atoms with E-state index in [9.17, 15) is 4.57 Å². The Bertz CT molecular complexity index is 1210. The molecular weight excluding hydrogens is 503 g/mol. The molecular formula is C34H47O4P. The standard InChI is InChI=1S/C34H47O4P/c1-8-31-18-25(4)19-33(31)22-28(7)36-24-30-15-13-16-32(23-30)34-26(5)20-29(21-27(34)6)14-11-12-17-39(35,37-9-2)38-10-3/h8,13,15-16,20-23,25H,7,9-12,14,17-19,24H2,1-6H3/b31-8-,33-22-. The molecule has 2 aromatic carbocycles. The van der Waals surface area contributed by atoms with Gasteiger partial charge in [-0.1, -0.05) is 49.9 Å². The first-order valence-corrected chi connectivity index (χ1v) is 16.2. The van der Waals surface area contributed by atoms with Gasteiger partial charge in [0.15, 0.2) is 0 Å². The number of aryl methyl sites for hydroxylation is 3. The number of hydrogen-bond acceptors (Lipinski definition) is 4. The average molecular weight is 551 g/mol. The van der Waals surface area contributed by atoms with E-state index >= 15 is 0 Å². The van der Waals surface area contributed by atoms with E-state index in [4.69, 9.17) is 13.8 Å². The van der Waals surface area contributed by atoms with E-state index in [1.54, 1.807) is 0 Å². The first-order chi connectivity index (χ1) is 18.7. The van der Waals surface area contributed by atoms with Crippen LogP contribution in [0.15, 0.2) is 72.0 Å². The van der Waals surface area contributed by atoms with Crippen molar-refractivity contribution >= 4 is 7.60 Å². The summed E-state index contributed by atoms with van der Waals surface area (Å²) in [7, 11) is -2.96. The van der Waals surface area contributed by atoms with Gasteiger partial charge in [-0.15, -0.1) is 0 Å². The van der Waals surface area contributed by atoms with Gasteiger partial charge in [0, 0.05) is 0 Å². The largest absolute Gasteiger partial charge is 0.490 e. The predicted octanol–water partition coefficient (Wildman–Crippen LogP) is 9.89. The van der Waals surface area contributed by atoms with Crippen LogP contribution in [0, 0.1) is 19.8 Å². The van der Waals surface area contributed by atoms with Crippen molar-refractivity contribution in [1.29, 1.82) is 0 Å². The Balaban J connectivity index is 1.62. The molecule has 1 fully saturated rings. The fourth-order valence-corrected chi connectivity index (χ4v) is 7.35. The van der Waals surface area contributed by atoms with Crippen LogP contribution in [0.2, 0.25) is 0 Å². The second-order valence-corrected chi connectivity index (χ2v) is 12.9. The molecule has 0 N–H and O–H groups in total. The molecule has 0 aliphatic heterocycles. The van der Waals surface area contributed by atoms with E-state index in [0.717, 1.165) is 43.4 Å². The zero-order valence-corrected chi connectivity index (χ0v) is 25.7. The Kier molecular flexibility index (Phi) is 11.9. The lowest BCUT2D eigenvalue weighted by atomic mass is 9.91. The average Bonchev–Trinajstić information content (AvgIpc) is 3.24. The van der Waals surface area contributed by atoms with Crippen LogP contribution in [0.5, 0.6) is 0 Å². The van der Waals surface area contributed by atoms with Crippen LogP contribution in [0.4, 0.5) is 0 Å². The maximum absolute atomic E-state index is 12.7. The molecule has 0 heterocycles. The van der Waals surface area contributed by atoms with E-state index in [1.165, 1.54) is 39.0 Å². The Hall–Kier alpha value is -2.39. The SMILES string of the molecule is C=C(/C=C1/CC(C)C/C1=C/C)OCc1cccc(-c2c(C)cc(CCCCP(=O)(OCC)OCC)cc2C)c1. The first-order valence-electron chi connectivity index (χ1n) is 14.4. The van der Waals surface area contributed by atoms with Crippen LogP contribution >= 0.6 is 7.60 Å². The third kappa shape index (κ3) is 9.07. The molecule has 5 heteroatoms. The number of allylic oxidation sites excluding steroid dienone is 4. The van der Waals surface area contributed by atoms with Gasteiger partial charge in [0.2, 0.25) is 0 Å². The molecule has 0 spiro atoms. The fraction of sp³-hybridized carbons (Fsp3) is 0.471. The Morgan fingerprint density at radius 3 is 2.31 bits per heavy atom. The molecule has 1 aliphatic rings. The lowest BCUT2D eigenvalue weighted by Crippen LogP contribution is -2.01. The highest BCUT2D eigenvalue weighted by molar-refractivity contribution is 7.53. The van der Waals surface area contributed by atoms with E-state index in [2.05, 4.69) is 82.8 Å². The number of benzene rings is 2. The highest BCUT2D eigenvalue weighted by Crippen LogP contribution is 2.48. The zero-order chi connectivity index (χ0) is 28.4. The molecule has 1 atom stereocenters. The number of hydrogen-bond donors (Lipinski definition) is 0. The van der Waals surface area contributed by atoms with Gasteiger partial charge < -0.3 is 13.8 Å². The van der Waals surface area contributed by atoms with E-state index in [-0.39, 0.29) is 0 Å². The van der Waals surface area contributed by atoms with Crippen molar-refractivity contribution in [3.8, 4) is 11.1 Å². The number of rotatable bonds is 14. The molecule has 0 saturated heterocycles. The third-order valence-electron chi connectivity index (χ3n) is 7.26. The molecule has 0 bridgehead atoms. The first kappa shape index (κ1) is 31.1. The lowest BCUT2D eigenvalue weighted by Gasteiger charge is -2.17. The monoisotopic (exact) mass is 550 g/mol. The van der Waals surface area contributed by atoms with Gasteiger partial charge in [0.25, 0.3) is 0 Å². The van der Waals surface area contributed by atoms with Crippen molar-refractivity contribution in [2.24, 2.45) is 5.92 Å². The van der Waals surface area contributed by atoms with Crippen LogP contribution in [0.3, 0.4) is 0 Å². The minimum atomic E-state index is -2.96. The maximum atomic E-state index is 12.7. The number of ether oxygens (including phenoxy) is 1. The quantitative estimate of drug-likeness (QED) is 0.133. The maximum Gasteiger partial charge on any atom is 0.330 e. The van der Waals surface area contributed by atoms with Gasteiger partial charge in [0.05, 0.1) is 19.4 Å². The lowest BCUT2D eigenvalue weighted by molar-refractivity contribution is 0.212. The van der Waals surface area contributed by atoms with Gasteiger partial charge in [-0.3, -0.25) is 4.57 Å². The van der Waals surface area contributed by atoms with Crippen LogP contribution in [0.25, 0.3) is 11.1 Å². The van der Waals surface area contributed by atoms with Crippen molar-refractivity contribution < 1.29 is 18.3 Å². The molecule has 1 aliphatic carbocycles. The van der Waals surface area contributed by atoms with Gasteiger partial charge in [0.1, 0.15) is 12.4 Å². The van der Waals surface area contributed by atoms with Crippen molar-refractivity contribution in [2.45, 2.75) is 80.3 Å². The van der Waals surface area contributed by atoms with Crippen molar-refractivity contribution in [3.05, 3.63) is 94.3 Å². The summed E-state index contributed by atoms with van der Waals surface area (Å²) < 4.78 is 29.6. The summed E-state index contributed by atoms with van der Waals surface area (Å²) in [6.07, 6.45) is 9.73. The van der Waals surface area contributed by atoms with Crippen molar-refractivity contribution in [2.75, 3.05) is 19.4 Å². The predicted molar refractivity (Wildman–Crippen MR) is 164 cm³/mol. The van der Waals surface area contributed by atoms with Gasteiger partial charge in [-0.25, -0.2) is 0 Å². The summed E-state index contributed by atoms with van der Waals surface area (Å²) >= 11 is 0. The van der Waals surface area contributed by atoms with Crippen molar-refractivity contribution in [3.63, 3.8) is 0 Å². The van der Waals surface area contributed by atoms with Gasteiger partial charge >= 0.3 is 7.60 Å². The summed E-state index contributed by atoms with van der Waals surface area (Å²) in [5, 5.41) is 0. The summed E-state index contributed by atoms with van der Waals surface area (Å²) in [6, 6.07) is 13.2. The molecule has 0 radical (unpaired) electrons. The van der Waals surface area contributed by atoms with Crippen LogP contribution in [-0.2, 0) is 31.4 Å². The second kappa shape index (κ2) is 14.8. The highest BCUT2D eigenvalue weighted by Gasteiger charge is 2.22. The van der Waals surface area contributed by atoms with Gasteiger partial charge in [-0.05, 0) is 129 Å². The summed E-state index contributed by atoms with van der Waals surface area (Å²) in [5.74, 6) is 1.41. The topological polar surface area (TPSA) is 44.8 Å². The molecule has 0 amide bonds. The zero-order valence-electron chi connectivity index (χ0n) is 24.8. The smallest absolute Gasteiger partial charge is 0.330 e. The fourth-order valence-electron chi connectivity index (χ4n) is 5.62. The summed E-state index contributed by atoms with van der Waals surface area (Å²) in [6.45, 7) is 18.0. The molecule has 2 aromatic rings. The summed E-state index contributed by atoms with van der Waals surface area (Å²) in [5.41, 5.74) is 10.2. The Morgan fingerprint density at radius 1 is 1.00 bits per heavy atom. The highest BCUT2D eigenvalue weighted by atomic mass is 31.2. The molecule has 0 aromatic heterocycles. The van der Waals surface area contributed by atoms with E-state index in [0.29, 0.717) is 31.9 Å². The van der Waals surface area contributed by atoms with Crippen LogP contribution in [-0.4, -0.2) is 19.4 Å². The van der Waals surface area contributed by atoms with E-state index < -0.39 is 7.60 Å². The molecule has 39 heavy (non-hydrogen) atoms. The summed E-state index contributed by atoms with van der Waals surface area (Å²) in [4.78, 5) is 0. The second-order valence-electron chi connectivity index (χ2n) is 10.7. The molecule has 3 rings (SSSR count). The minimum Gasteiger partial charge on any atom is -0.490 e. The van der Waals surface area contributed by atoms with E-state index in [1.807, 2.05) is 13.8 Å². The number of unbranched alkanes of at least 4 members (excludes halogenated alkanes) is 1. The van der Waals surface area contributed by atoms with Gasteiger partial charge in [-0.2, -0.15) is 0 Å². The molecule has 212 valence electrons. The molecule has 4 nitrogen and oxygen atoms in total. The normalized spacial score (nSPS) is 17.7. The Labute approximate surface area is 236 Å². The minimum absolute atomic E-state index is 0.411. The Morgan fingerprint density at radius 2 is 1.67 bits per heavy atom. The van der Waals surface area contributed by atoms with Crippen LogP contribution < -0.4 is 0 Å². The van der Waals surface area contributed by atoms with Crippen LogP contribution in [0.1, 0.15) is 75.6 Å². The molecule has 1 saturated carbocycles.